The molecule has 0 saturated heterocycles. The van der Waals surface area contributed by atoms with Gasteiger partial charge in [0, 0.05) is 0 Å². The van der Waals surface area contributed by atoms with Gasteiger partial charge in [-0.05, 0) is 18.6 Å². The Labute approximate surface area is 121 Å². The Balaban J connectivity index is 2.25. The van der Waals surface area contributed by atoms with Gasteiger partial charge in [0.05, 0.1) is 17.7 Å². The van der Waals surface area contributed by atoms with Crippen LogP contribution in [-0.2, 0) is 14.8 Å². The Morgan fingerprint density at radius 1 is 1.19 bits per heavy atom. The second-order valence-corrected chi connectivity index (χ2v) is 6.44. The number of Topliss-reactive ketones (excluding diaryl/α,β-unsaturated/α-hetero) is 1. The molecule has 7 nitrogen and oxygen atoms in total. The molecule has 1 aromatic carbocycles. The van der Waals surface area contributed by atoms with Gasteiger partial charge in [-0.2, -0.15) is 0 Å². The molecule has 0 saturated carbocycles. The molecule has 2 N–H and O–H groups in total. The number of sulfonamides is 1. The van der Waals surface area contributed by atoms with E-state index in [1.807, 2.05) is 0 Å². The van der Waals surface area contributed by atoms with Crippen LogP contribution >= 0.6 is 0 Å². The Morgan fingerprint density at radius 3 is 2.05 bits per heavy atom. The normalized spacial score (nSPS) is 16.0. The first-order valence-corrected chi connectivity index (χ1v) is 7.87. The number of nitrogens with two attached hydrogens (primary N) is 1. The van der Waals surface area contributed by atoms with Gasteiger partial charge in [0.15, 0.2) is 5.78 Å². The van der Waals surface area contributed by atoms with E-state index in [0.29, 0.717) is 0 Å². The average Bonchev–Trinajstić information content (AvgIpc) is 2.64. The van der Waals surface area contributed by atoms with Crippen LogP contribution in [0.15, 0.2) is 24.3 Å². The summed E-state index contributed by atoms with van der Waals surface area (Å²) in [5.74, 6) is -1.98. The minimum Gasteiger partial charge on any atom is -0.296 e. The van der Waals surface area contributed by atoms with E-state index in [4.69, 9.17) is 5.14 Å². The lowest BCUT2D eigenvalue weighted by Gasteiger charge is -2.16. The topological polar surface area (TPSA) is 115 Å². The molecule has 1 aliphatic heterocycles. The number of hydrogen-bond acceptors (Lipinski definition) is 5. The van der Waals surface area contributed by atoms with Crippen LogP contribution in [0.3, 0.4) is 0 Å². The van der Waals surface area contributed by atoms with Gasteiger partial charge in [-0.1, -0.05) is 19.1 Å². The Morgan fingerprint density at radius 2 is 1.67 bits per heavy atom. The molecular weight excluding hydrogens is 296 g/mol. The van der Waals surface area contributed by atoms with Crippen molar-refractivity contribution in [3.8, 4) is 0 Å². The average molecular weight is 310 g/mol. The molecule has 8 heteroatoms. The number of ketones is 1. The number of amides is 2. The van der Waals surface area contributed by atoms with Crippen molar-refractivity contribution < 1.29 is 22.8 Å². The van der Waals surface area contributed by atoms with E-state index < -0.39 is 39.4 Å². The molecule has 2 rings (SSSR count). The van der Waals surface area contributed by atoms with Crippen LogP contribution in [0.25, 0.3) is 0 Å². The van der Waals surface area contributed by atoms with E-state index in [1.54, 1.807) is 12.1 Å². The predicted molar refractivity (Wildman–Crippen MR) is 74.0 cm³/mol. The Kier molecular flexibility index (Phi) is 3.93. The summed E-state index contributed by atoms with van der Waals surface area (Å²) in [4.78, 5) is 36.9. The summed E-state index contributed by atoms with van der Waals surface area (Å²) in [6, 6.07) is 6.18. The van der Waals surface area contributed by atoms with Gasteiger partial charge in [-0.15, -0.1) is 0 Å². The van der Waals surface area contributed by atoms with Crippen LogP contribution in [-0.4, -0.2) is 42.7 Å². The smallest absolute Gasteiger partial charge is 0.261 e. The number of primary sulfonamides is 1. The molecule has 1 aliphatic rings. The largest absolute Gasteiger partial charge is 0.296 e. The first-order chi connectivity index (χ1) is 9.77. The van der Waals surface area contributed by atoms with E-state index in [1.165, 1.54) is 19.1 Å². The minimum absolute atomic E-state index is 0.0131. The molecule has 2 amide bonds. The van der Waals surface area contributed by atoms with Crippen LogP contribution in [0.2, 0.25) is 0 Å². The number of carbonyl (C=O) groups is 3. The quantitative estimate of drug-likeness (QED) is 0.764. The fourth-order valence-electron chi connectivity index (χ4n) is 2.28. The number of nitrogens with zero attached hydrogens (tertiary/aromatic N) is 1. The summed E-state index contributed by atoms with van der Waals surface area (Å²) in [7, 11) is -4.06. The number of hydrogen-bond donors (Lipinski definition) is 1. The van der Waals surface area contributed by atoms with Crippen molar-refractivity contribution in [2.75, 3.05) is 6.54 Å². The molecule has 1 atom stereocenters. The molecule has 112 valence electrons. The molecule has 0 fully saturated rings. The molecule has 0 aliphatic carbocycles. The number of rotatable bonds is 5. The lowest BCUT2D eigenvalue weighted by atomic mass is 10.1. The second-order valence-electron chi connectivity index (χ2n) is 4.69. The fraction of sp³-hybridized carbons (Fsp3) is 0.308. The Bertz CT molecular complexity index is 691. The fourth-order valence-corrected chi connectivity index (χ4v) is 3.19. The predicted octanol–water partition coefficient (Wildman–Crippen LogP) is -0.0812. The molecular formula is C13H14N2O5S. The van der Waals surface area contributed by atoms with E-state index in [0.717, 1.165) is 4.90 Å². The minimum atomic E-state index is -4.06. The zero-order valence-corrected chi connectivity index (χ0v) is 12.1. The van der Waals surface area contributed by atoms with Crippen LogP contribution < -0.4 is 5.14 Å². The third-order valence-electron chi connectivity index (χ3n) is 3.32. The van der Waals surface area contributed by atoms with Gasteiger partial charge >= 0.3 is 0 Å². The van der Waals surface area contributed by atoms with Crippen molar-refractivity contribution >= 4 is 27.6 Å². The first kappa shape index (κ1) is 15.3. The van der Waals surface area contributed by atoms with Crippen LogP contribution in [0, 0.1) is 0 Å². The van der Waals surface area contributed by atoms with E-state index >= 15 is 0 Å². The van der Waals surface area contributed by atoms with Crippen molar-refractivity contribution in [2.45, 2.75) is 18.6 Å². The first-order valence-electron chi connectivity index (χ1n) is 6.27. The molecule has 0 spiro atoms. The molecule has 0 radical (unpaired) electrons. The molecule has 1 unspecified atom stereocenters. The summed E-state index contributed by atoms with van der Waals surface area (Å²) in [6.07, 6.45) is -0.0131. The van der Waals surface area contributed by atoms with Crippen molar-refractivity contribution in [3.63, 3.8) is 0 Å². The van der Waals surface area contributed by atoms with E-state index in [2.05, 4.69) is 0 Å². The van der Waals surface area contributed by atoms with Gasteiger partial charge < -0.3 is 0 Å². The number of carbonyl (C=O) groups excluding carboxylic acids is 3. The zero-order valence-electron chi connectivity index (χ0n) is 11.3. The summed E-state index contributed by atoms with van der Waals surface area (Å²) in [6.45, 7) is 0.899. The lowest BCUT2D eigenvalue weighted by Crippen LogP contribution is -2.43. The highest BCUT2D eigenvalue weighted by molar-refractivity contribution is 7.90. The third-order valence-corrected chi connectivity index (χ3v) is 4.71. The maximum atomic E-state index is 12.1. The number of fused-ring (bicyclic) bond motifs is 1. The lowest BCUT2D eigenvalue weighted by molar-refractivity contribution is -0.119. The summed E-state index contributed by atoms with van der Waals surface area (Å²) in [5.41, 5.74) is 0.415. The van der Waals surface area contributed by atoms with Gasteiger partial charge in [-0.25, -0.2) is 13.6 Å². The zero-order chi connectivity index (χ0) is 15.8. The van der Waals surface area contributed by atoms with Crippen molar-refractivity contribution in [2.24, 2.45) is 5.14 Å². The summed E-state index contributed by atoms with van der Waals surface area (Å²) in [5, 5.41) is 3.57. The van der Waals surface area contributed by atoms with Crippen LogP contribution in [0.1, 0.15) is 34.1 Å². The van der Waals surface area contributed by atoms with Crippen molar-refractivity contribution in [1.29, 1.82) is 0 Å². The second kappa shape index (κ2) is 5.38. The van der Waals surface area contributed by atoms with Crippen LogP contribution in [0.4, 0.5) is 0 Å². The van der Waals surface area contributed by atoms with Gasteiger partial charge in [0.1, 0.15) is 5.25 Å². The highest BCUT2D eigenvalue weighted by Gasteiger charge is 2.38. The van der Waals surface area contributed by atoms with E-state index in [9.17, 15) is 22.8 Å². The number of benzene rings is 1. The monoisotopic (exact) mass is 310 g/mol. The molecule has 0 bridgehead atoms. The standard InChI is InChI=1S/C13H14N2O5S/c1-2-11(21(14,19)20)10(16)7-15-12(17)8-5-3-4-6-9(8)13(15)18/h3-6,11H,2,7H2,1H3,(H2,14,19,20). The van der Waals surface area contributed by atoms with E-state index in [-0.39, 0.29) is 17.5 Å². The maximum Gasteiger partial charge on any atom is 0.261 e. The van der Waals surface area contributed by atoms with Gasteiger partial charge in [0.2, 0.25) is 10.0 Å². The van der Waals surface area contributed by atoms with Crippen molar-refractivity contribution in [1.82, 2.24) is 4.90 Å². The molecule has 1 aromatic rings. The number of imide groups is 1. The summed E-state index contributed by atoms with van der Waals surface area (Å²) >= 11 is 0. The highest BCUT2D eigenvalue weighted by Crippen LogP contribution is 2.22. The summed E-state index contributed by atoms with van der Waals surface area (Å²) < 4.78 is 22.7. The van der Waals surface area contributed by atoms with Crippen LogP contribution in [0.5, 0.6) is 0 Å². The molecule has 1 heterocycles. The Hall–Kier alpha value is -2.06. The molecule has 21 heavy (non-hydrogen) atoms. The molecule has 0 aromatic heterocycles. The maximum absolute atomic E-state index is 12.1. The van der Waals surface area contributed by atoms with Gasteiger partial charge in [-0.3, -0.25) is 19.3 Å². The SMILES string of the molecule is CCC(C(=O)CN1C(=O)c2ccccc2C1=O)S(N)(=O)=O. The van der Waals surface area contributed by atoms with Crippen molar-refractivity contribution in [3.05, 3.63) is 35.4 Å². The van der Waals surface area contributed by atoms with Gasteiger partial charge in [0.25, 0.3) is 11.8 Å². The third kappa shape index (κ3) is 2.72. The highest BCUT2D eigenvalue weighted by atomic mass is 32.2.